The maximum absolute atomic E-state index is 11.9. The highest BCUT2D eigenvalue weighted by molar-refractivity contribution is 7.89. The fraction of sp³-hybridized carbons (Fsp3) is 0.364. The van der Waals surface area contributed by atoms with Crippen LogP contribution < -0.4 is 4.72 Å². The van der Waals surface area contributed by atoms with E-state index in [4.69, 9.17) is 23.2 Å². The van der Waals surface area contributed by atoms with Gasteiger partial charge >= 0.3 is 5.97 Å². The lowest BCUT2D eigenvalue weighted by Crippen LogP contribution is -2.43. The molecule has 0 amide bonds. The lowest BCUT2D eigenvalue weighted by Gasteiger charge is -2.19. The Balaban J connectivity index is 2.82. The molecule has 5 nitrogen and oxygen atoms in total. The van der Waals surface area contributed by atoms with Crippen LogP contribution in [0.4, 0.5) is 0 Å². The third-order valence-electron chi connectivity index (χ3n) is 2.33. The number of hydrogen-bond donors (Lipinski definition) is 1. The minimum atomic E-state index is -3.75. The molecular formula is C11H13Cl2NO4S. The van der Waals surface area contributed by atoms with Crippen molar-refractivity contribution in [3.63, 3.8) is 0 Å². The van der Waals surface area contributed by atoms with Gasteiger partial charge in [0.1, 0.15) is 0 Å². The molecule has 0 aliphatic heterocycles. The quantitative estimate of drug-likeness (QED) is 0.661. The highest BCUT2D eigenvalue weighted by Crippen LogP contribution is 2.18. The number of alkyl halides is 1. The van der Waals surface area contributed by atoms with Crippen molar-refractivity contribution in [2.24, 2.45) is 0 Å². The monoisotopic (exact) mass is 325 g/mol. The third-order valence-corrected chi connectivity index (χ3v) is 4.29. The first kappa shape index (κ1) is 16.2. The van der Waals surface area contributed by atoms with Gasteiger partial charge in [0.05, 0.1) is 12.0 Å². The van der Waals surface area contributed by atoms with Crippen molar-refractivity contribution in [2.75, 3.05) is 13.7 Å². The minimum absolute atomic E-state index is 0.0363. The first-order chi connectivity index (χ1) is 8.69. The van der Waals surface area contributed by atoms with Gasteiger partial charge in [-0.2, -0.15) is 0 Å². The summed E-state index contributed by atoms with van der Waals surface area (Å²) in [4.78, 5) is 9.90. The number of nitrogens with one attached hydrogen (secondary N) is 1. The van der Waals surface area contributed by atoms with Gasteiger partial charge in [-0.3, -0.25) is 4.79 Å². The molecule has 1 unspecified atom stereocenters. The van der Waals surface area contributed by atoms with Gasteiger partial charge in [0.15, 0.2) is 4.87 Å². The molecular weight excluding hydrogens is 313 g/mol. The van der Waals surface area contributed by atoms with E-state index in [1.807, 2.05) is 0 Å². The molecule has 0 saturated heterocycles. The van der Waals surface area contributed by atoms with Crippen molar-refractivity contribution in [1.82, 2.24) is 4.72 Å². The molecule has 0 aromatic heterocycles. The van der Waals surface area contributed by atoms with Crippen molar-refractivity contribution >= 4 is 39.2 Å². The second-order valence-corrected chi connectivity index (χ2v) is 7.01. The maximum atomic E-state index is 11.9. The van der Waals surface area contributed by atoms with E-state index in [1.54, 1.807) is 0 Å². The molecule has 106 valence electrons. The number of hydrogen-bond acceptors (Lipinski definition) is 4. The molecule has 8 heteroatoms. The zero-order valence-corrected chi connectivity index (χ0v) is 12.6. The van der Waals surface area contributed by atoms with E-state index in [2.05, 4.69) is 9.46 Å². The van der Waals surface area contributed by atoms with Gasteiger partial charge in [0.25, 0.3) is 0 Å². The molecule has 0 bridgehead atoms. The molecule has 1 aromatic rings. The summed E-state index contributed by atoms with van der Waals surface area (Å²) in [5, 5.41) is 0.427. The molecule has 0 saturated carbocycles. The van der Waals surface area contributed by atoms with Crippen LogP contribution >= 0.6 is 23.2 Å². The maximum Gasteiger partial charge on any atom is 0.327 e. The number of esters is 1. The summed E-state index contributed by atoms with van der Waals surface area (Å²) in [5.41, 5.74) is 0. The van der Waals surface area contributed by atoms with Crippen LogP contribution in [-0.4, -0.2) is 32.9 Å². The zero-order chi connectivity index (χ0) is 14.7. The van der Waals surface area contributed by atoms with Gasteiger partial charge in [-0.25, -0.2) is 13.1 Å². The van der Waals surface area contributed by atoms with Gasteiger partial charge in [-0.05, 0) is 31.2 Å². The Labute approximate surface area is 121 Å². The molecule has 0 aliphatic rings. The fourth-order valence-electron chi connectivity index (χ4n) is 1.21. The summed E-state index contributed by atoms with van der Waals surface area (Å²) in [6, 6.07) is 5.62. The highest BCUT2D eigenvalue weighted by atomic mass is 35.5. The summed E-state index contributed by atoms with van der Waals surface area (Å²) in [6.07, 6.45) is 0. The molecule has 1 N–H and O–H groups in total. The third kappa shape index (κ3) is 4.35. The first-order valence-electron chi connectivity index (χ1n) is 5.21. The molecule has 0 spiro atoms. The van der Waals surface area contributed by atoms with Gasteiger partial charge in [0, 0.05) is 11.6 Å². The fourth-order valence-corrected chi connectivity index (χ4v) is 2.70. The Hall–Kier alpha value is -0.820. The number of sulfonamides is 1. The number of halogens is 2. The molecule has 1 atom stereocenters. The van der Waals surface area contributed by atoms with Crippen molar-refractivity contribution in [3.05, 3.63) is 29.3 Å². The van der Waals surface area contributed by atoms with Crippen molar-refractivity contribution < 1.29 is 17.9 Å². The lowest BCUT2D eigenvalue weighted by atomic mass is 10.2. The van der Waals surface area contributed by atoms with E-state index in [1.165, 1.54) is 38.3 Å². The lowest BCUT2D eigenvalue weighted by molar-refractivity contribution is -0.143. The van der Waals surface area contributed by atoms with Crippen molar-refractivity contribution in [3.8, 4) is 0 Å². The van der Waals surface area contributed by atoms with Crippen LogP contribution in [0.3, 0.4) is 0 Å². The molecule has 1 aromatic carbocycles. The molecule has 0 radical (unpaired) electrons. The predicted molar refractivity (Wildman–Crippen MR) is 72.9 cm³/mol. The number of rotatable bonds is 5. The smallest absolute Gasteiger partial charge is 0.327 e. The van der Waals surface area contributed by atoms with Gasteiger partial charge in [-0.1, -0.05) is 11.6 Å². The number of carbonyl (C=O) groups is 1. The molecule has 19 heavy (non-hydrogen) atoms. The number of carbonyl (C=O) groups excluding carboxylic acids is 1. The number of benzene rings is 1. The average Bonchev–Trinajstić information content (AvgIpc) is 2.36. The average molecular weight is 326 g/mol. The Kier molecular flexibility index (Phi) is 5.20. The number of ether oxygens (including phenoxy) is 1. The van der Waals surface area contributed by atoms with E-state index in [-0.39, 0.29) is 11.4 Å². The summed E-state index contributed by atoms with van der Waals surface area (Å²) < 4.78 is 30.6. The molecule has 0 aliphatic carbocycles. The SMILES string of the molecule is COC(=O)C(C)(Cl)CNS(=O)(=O)c1ccc(Cl)cc1. The second-order valence-electron chi connectivity index (χ2n) is 3.97. The van der Waals surface area contributed by atoms with Gasteiger partial charge < -0.3 is 4.74 Å². The first-order valence-corrected chi connectivity index (χ1v) is 7.45. The zero-order valence-electron chi connectivity index (χ0n) is 10.3. The van der Waals surface area contributed by atoms with Crippen LogP contribution in [0.5, 0.6) is 0 Å². The molecule has 0 heterocycles. The predicted octanol–water partition coefficient (Wildman–Crippen LogP) is 1.79. The number of methoxy groups -OCH3 is 1. The molecule has 0 fully saturated rings. The standard InChI is InChI=1S/C11H13Cl2NO4S/c1-11(13,10(15)18-2)7-14-19(16,17)9-5-3-8(12)4-6-9/h3-6,14H,7H2,1-2H3. The van der Waals surface area contributed by atoms with E-state index < -0.39 is 20.9 Å². The Morgan fingerprint density at radius 3 is 2.37 bits per heavy atom. The van der Waals surface area contributed by atoms with Gasteiger partial charge in [0.2, 0.25) is 10.0 Å². The molecule has 1 rings (SSSR count). The largest absolute Gasteiger partial charge is 0.468 e. The van der Waals surface area contributed by atoms with Crippen LogP contribution in [0.25, 0.3) is 0 Å². The van der Waals surface area contributed by atoms with Crippen molar-refractivity contribution in [1.29, 1.82) is 0 Å². The van der Waals surface area contributed by atoms with E-state index in [0.717, 1.165) is 0 Å². The van der Waals surface area contributed by atoms with Crippen LogP contribution in [0.1, 0.15) is 6.92 Å². The Bertz CT molecular complexity index is 555. The van der Waals surface area contributed by atoms with Gasteiger partial charge in [-0.15, -0.1) is 11.6 Å². The Morgan fingerprint density at radius 1 is 1.37 bits per heavy atom. The summed E-state index contributed by atoms with van der Waals surface area (Å²) in [7, 11) is -2.58. The minimum Gasteiger partial charge on any atom is -0.468 e. The summed E-state index contributed by atoms with van der Waals surface area (Å²) in [6.45, 7) is 1.08. The second kappa shape index (κ2) is 6.09. The van der Waals surface area contributed by atoms with Crippen LogP contribution in [-0.2, 0) is 19.6 Å². The summed E-state index contributed by atoms with van der Waals surface area (Å²) in [5.74, 6) is -0.715. The van der Waals surface area contributed by atoms with E-state index in [0.29, 0.717) is 5.02 Å². The van der Waals surface area contributed by atoms with Crippen LogP contribution in [0.15, 0.2) is 29.2 Å². The summed E-state index contributed by atoms with van der Waals surface area (Å²) >= 11 is 11.6. The van der Waals surface area contributed by atoms with Crippen molar-refractivity contribution in [2.45, 2.75) is 16.7 Å². The normalized spacial score (nSPS) is 14.7. The Morgan fingerprint density at radius 2 is 1.89 bits per heavy atom. The van der Waals surface area contributed by atoms with E-state index >= 15 is 0 Å². The van der Waals surface area contributed by atoms with Crippen LogP contribution in [0, 0.1) is 0 Å². The topological polar surface area (TPSA) is 72.5 Å². The van der Waals surface area contributed by atoms with Crippen LogP contribution in [0.2, 0.25) is 5.02 Å². The highest BCUT2D eigenvalue weighted by Gasteiger charge is 2.33. The van der Waals surface area contributed by atoms with E-state index in [9.17, 15) is 13.2 Å².